The van der Waals surface area contributed by atoms with Crippen molar-refractivity contribution in [3.63, 3.8) is 0 Å². The number of urea groups is 1. The lowest BCUT2D eigenvalue weighted by Gasteiger charge is -2.37. The van der Waals surface area contributed by atoms with E-state index < -0.39 is 17.8 Å². The van der Waals surface area contributed by atoms with Crippen LogP contribution in [0.15, 0.2) is 24.3 Å². The molecule has 0 spiro atoms. The van der Waals surface area contributed by atoms with Crippen molar-refractivity contribution in [2.24, 2.45) is 0 Å². The minimum Gasteiger partial charge on any atom is -0.369 e. The first kappa shape index (κ1) is 20.0. The second kappa shape index (κ2) is 8.52. The minimum absolute atomic E-state index is 0.0406. The van der Waals surface area contributed by atoms with E-state index in [4.69, 9.17) is 0 Å². The third kappa shape index (κ3) is 4.06. The lowest BCUT2D eigenvalue weighted by Crippen LogP contribution is -2.51. The van der Waals surface area contributed by atoms with Crippen LogP contribution in [-0.4, -0.2) is 77.7 Å². The lowest BCUT2D eigenvalue weighted by molar-refractivity contribution is -0.144. The van der Waals surface area contributed by atoms with E-state index in [0.29, 0.717) is 31.6 Å². The summed E-state index contributed by atoms with van der Waals surface area (Å²) in [6.45, 7) is 6.78. The van der Waals surface area contributed by atoms with E-state index in [1.165, 1.54) is 0 Å². The number of nitrogens with zero attached hydrogens (tertiary/aromatic N) is 4. The van der Waals surface area contributed by atoms with Gasteiger partial charge in [-0.25, -0.2) is 9.69 Å². The Morgan fingerprint density at radius 2 is 1.54 bits per heavy atom. The Labute approximate surface area is 164 Å². The summed E-state index contributed by atoms with van der Waals surface area (Å²) in [7, 11) is 0. The van der Waals surface area contributed by atoms with Crippen LogP contribution >= 0.6 is 0 Å². The number of piperazine rings is 1. The zero-order valence-corrected chi connectivity index (χ0v) is 16.4. The van der Waals surface area contributed by atoms with Crippen LogP contribution in [0.1, 0.15) is 37.0 Å². The number of unbranched alkanes of at least 4 members (excludes halogenated alkanes) is 1. The first-order chi connectivity index (χ1) is 13.4. The molecule has 8 nitrogen and oxygen atoms in total. The lowest BCUT2D eigenvalue weighted by atomic mass is 10.1. The van der Waals surface area contributed by atoms with Gasteiger partial charge in [0.2, 0.25) is 0 Å². The Hall–Kier alpha value is -2.74. The fraction of sp³-hybridized carbons (Fsp3) is 0.500. The number of rotatable bonds is 7. The molecule has 1 aromatic carbocycles. The van der Waals surface area contributed by atoms with Gasteiger partial charge < -0.3 is 4.90 Å². The average molecular weight is 386 g/mol. The molecule has 3 rings (SSSR count). The van der Waals surface area contributed by atoms with Crippen molar-refractivity contribution in [2.45, 2.75) is 26.7 Å². The van der Waals surface area contributed by atoms with Gasteiger partial charge in [-0.2, -0.15) is 0 Å². The summed E-state index contributed by atoms with van der Waals surface area (Å²) < 4.78 is 0. The summed E-state index contributed by atoms with van der Waals surface area (Å²) in [6, 6.07) is 7.00. The second-order valence-corrected chi connectivity index (χ2v) is 7.18. The number of ketones is 1. The first-order valence-electron chi connectivity index (χ1n) is 9.68. The molecule has 150 valence electrons. The number of hydrogen-bond donors (Lipinski definition) is 0. The SMILES string of the molecule is CCCCN1C(=O)C(=O)N(CN2CCN(c3ccc(C(C)=O)cc3)CC2)C1=O. The smallest absolute Gasteiger partial charge is 0.335 e. The Balaban J connectivity index is 1.55. The highest BCUT2D eigenvalue weighted by atomic mass is 16.2. The standard InChI is InChI=1S/C20H26N4O4/c1-3-4-9-23-18(26)19(27)24(20(23)28)14-21-10-12-22(13-11-21)17-7-5-16(6-8-17)15(2)25/h5-8H,3-4,9-14H2,1-2H3. The molecule has 0 N–H and O–H groups in total. The summed E-state index contributed by atoms with van der Waals surface area (Å²) >= 11 is 0. The van der Waals surface area contributed by atoms with E-state index in [-0.39, 0.29) is 12.5 Å². The van der Waals surface area contributed by atoms with E-state index >= 15 is 0 Å². The fourth-order valence-electron chi connectivity index (χ4n) is 3.44. The van der Waals surface area contributed by atoms with Gasteiger partial charge in [-0.3, -0.25) is 24.2 Å². The number of imide groups is 2. The largest absolute Gasteiger partial charge is 0.369 e. The molecule has 0 aromatic heterocycles. The zero-order valence-electron chi connectivity index (χ0n) is 16.4. The summed E-state index contributed by atoms with van der Waals surface area (Å²) in [5, 5.41) is 0. The number of carbonyl (C=O) groups is 4. The molecule has 2 heterocycles. The molecule has 0 aliphatic carbocycles. The molecule has 2 saturated heterocycles. The van der Waals surface area contributed by atoms with Crippen LogP contribution < -0.4 is 4.90 Å². The van der Waals surface area contributed by atoms with Crippen LogP contribution in [-0.2, 0) is 9.59 Å². The van der Waals surface area contributed by atoms with Gasteiger partial charge in [0, 0.05) is 44.0 Å². The number of hydrogen-bond acceptors (Lipinski definition) is 6. The molecular weight excluding hydrogens is 360 g/mol. The van der Waals surface area contributed by atoms with E-state index in [0.717, 1.165) is 35.0 Å². The molecule has 0 radical (unpaired) electrons. The van der Waals surface area contributed by atoms with Gasteiger partial charge in [-0.15, -0.1) is 0 Å². The van der Waals surface area contributed by atoms with E-state index in [9.17, 15) is 19.2 Å². The molecule has 2 aliphatic rings. The normalized spacial score (nSPS) is 18.4. The third-order valence-corrected chi connectivity index (χ3v) is 5.22. The van der Waals surface area contributed by atoms with Crippen molar-refractivity contribution >= 4 is 29.3 Å². The highest BCUT2D eigenvalue weighted by Crippen LogP contribution is 2.19. The van der Waals surface area contributed by atoms with E-state index in [1.807, 2.05) is 36.1 Å². The number of carbonyl (C=O) groups excluding carboxylic acids is 4. The number of anilines is 1. The molecule has 2 aliphatic heterocycles. The Kier molecular flexibility index (Phi) is 6.08. The molecule has 0 unspecified atom stereocenters. The van der Waals surface area contributed by atoms with Crippen LogP contribution in [0.25, 0.3) is 0 Å². The molecule has 0 atom stereocenters. The number of amides is 4. The van der Waals surface area contributed by atoms with Crippen molar-refractivity contribution in [2.75, 3.05) is 44.3 Å². The summed E-state index contributed by atoms with van der Waals surface area (Å²) in [6.07, 6.45) is 1.54. The number of Topliss-reactive ketones (excluding diaryl/α,β-unsaturated/α-hetero) is 1. The summed E-state index contributed by atoms with van der Waals surface area (Å²) in [4.78, 5) is 54.4. The summed E-state index contributed by atoms with van der Waals surface area (Å²) in [5.74, 6) is -1.41. The van der Waals surface area contributed by atoms with Crippen molar-refractivity contribution < 1.29 is 19.2 Å². The van der Waals surface area contributed by atoms with Crippen molar-refractivity contribution in [3.05, 3.63) is 29.8 Å². The van der Waals surface area contributed by atoms with Gasteiger partial charge in [0.15, 0.2) is 5.78 Å². The maximum atomic E-state index is 12.4. The van der Waals surface area contributed by atoms with Gasteiger partial charge >= 0.3 is 17.8 Å². The second-order valence-electron chi connectivity index (χ2n) is 7.18. The topological polar surface area (TPSA) is 81.2 Å². The van der Waals surface area contributed by atoms with Crippen molar-refractivity contribution in [3.8, 4) is 0 Å². The van der Waals surface area contributed by atoms with Gasteiger partial charge in [-0.1, -0.05) is 13.3 Å². The molecule has 0 saturated carbocycles. The molecule has 0 bridgehead atoms. The predicted octanol–water partition coefficient (Wildman–Crippen LogP) is 1.56. The monoisotopic (exact) mass is 386 g/mol. The molecule has 8 heteroatoms. The number of benzene rings is 1. The van der Waals surface area contributed by atoms with Crippen LogP contribution in [0, 0.1) is 0 Å². The van der Waals surface area contributed by atoms with Gasteiger partial charge in [0.1, 0.15) is 0 Å². The van der Waals surface area contributed by atoms with Crippen LogP contribution in [0.4, 0.5) is 10.5 Å². The van der Waals surface area contributed by atoms with Crippen LogP contribution in [0.5, 0.6) is 0 Å². The highest BCUT2D eigenvalue weighted by molar-refractivity contribution is 6.44. The average Bonchev–Trinajstić information content (AvgIpc) is 2.90. The van der Waals surface area contributed by atoms with E-state index in [2.05, 4.69) is 4.90 Å². The Morgan fingerprint density at radius 1 is 0.929 bits per heavy atom. The maximum Gasteiger partial charge on any atom is 0.335 e. The maximum absolute atomic E-state index is 12.4. The van der Waals surface area contributed by atoms with Crippen LogP contribution in [0.3, 0.4) is 0 Å². The zero-order chi connectivity index (χ0) is 20.3. The Morgan fingerprint density at radius 3 is 2.11 bits per heavy atom. The predicted molar refractivity (Wildman–Crippen MR) is 104 cm³/mol. The third-order valence-electron chi connectivity index (χ3n) is 5.22. The highest BCUT2D eigenvalue weighted by Gasteiger charge is 2.44. The van der Waals surface area contributed by atoms with Crippen LogP contribution in [0.2, 0.25) is 0 Å². The van der Waals surface area contributed by atoms with Crippen molar-refractivity contribution in [1.82, 2.24) is 14.7 Å². The van der Waals surface area contributed by atoms with Gasteiger partial charge in [0.25, 0.3) is 0 Å². The van der Waals surface area contributed by atoms with E-state index in [1.54, 1.807) is 6.92 Å². The molecule has 1 aromatic rings. The molecule has 4 amide bonds. The van der Waals surface area contributed by atoms with Gasteiger partial charge in [-0.05, 0) is 37.6 Å². The molecular formula is C20H26N4O4. The first-order valence-corrected chi connectivity index (χ1v) is 9.68. The molecule has 2 fully saturated rings. The van der Waals surface area contributed by atoms with Gasteiger partial charge in [0.05, 0.1) is 6.67 Å². The minimum atomic E-state index is -0.733. The Bertz CT molecular complexity index is 769. The quantitative estimate of drug-likeness (QED) is 0.402. The fourth-order valence-corrected chi connectivity index (χ4v) is 3.44. The summed E-state index contributed by atoms with van der Waals surface area (Å²) in [5.41, 5.74) is 1.73. The molecule has 28 heavy (non-hydrogen) atoms. The van der Waals surface area contributed by atoms with Crippen molar-refractivity contribution in [1.29, 1.82) is 0 Å².